The van der Waals surface area contributed by atoms with Gasteiger partial charge in [-0.25, -0.2) is 0 Å². The molecule has 106 valence electrons. The first-order chi connectivity index (χ1) is 9.11. The molecule has 0 amide bonds. The number of ether oxygens (including phenoxy) is 1. The van der Waals surface area contributed by atoms with Gasteiger partial charge < -0.3 is 10.1 Å². The van der Waals surface area contributed by atoms with Crippen LogP contribution < -0.4 is 5.32 Å². The van der Waals surface area contributed by atoms with Gasteiger partial charge in [-0.3, -0.25) is 0 Å². The summed E-state index contributed by atoms with van der Waals surface area (Å²) < 4.78 is 5.56. The summed E-state index contributed by atoms with van der Waals surface area (Å²) >= 11 is 0. The number of nitrogens with one attached hydrogen (secondary N) is 1. The Balaban J connectivity index is 2.16. The Kier molecular flexibility index (Phi) is 5.00. The molecule has 1 fully saturated rings. The number of hydrogen-bond acceptors (Lipinski definition) is 2. The third-order valence-electron chi connectivity index (χ3n) is 4.26. The molecule has 2 heteroatoms. The van der Waals surface area contributed by atoms with Crippen LogP contribution in [0.25, 0.3) is 0 Å². The van der Waals surface area contributed by atoms with Crippen molar-refractivity contribution in [2.45, 2.75) is 46.6 Å². The van der Waals surface area contributed by atoms with Crippen LogP contribution in [0.1, 0.15) is 35.6 Å². The molecule has 2 unspecified atom stereocenters. The van der Waals surface area contributed by atoms with Crippen molar-refractivity contribution in [3.05, 3.63) is 34.4 Å². The highest BCUT2D eigenvalue weighted by Gasteiger charge is 2.26. The van der Waals surface area contributed by atoms with E-state index < -0.39 is 0 Å². The average Bonchev–Trinajstić information content (AvgIpc) is 2.85. The van der Waals surface area contributed by atoms with E-state index in [2.05, 4.69) is 45.1 Å². The van der Waals surface area contributed by atoms with Crippen LogP contribution >= 0.6 is 0 Å². The van der Waals surface area contributed by atoms with Crippen LogP contribution in [0.5, 0.6) is 0 Å². The topological polar surface area (TPSA) is 21.3 Å². The van der Waals surface area contributed by atoms with Crippen LogP contribution in [0.4, 0.5) is 0 Å². The van der Waals surface area contributed by atoms with Gasteiger partial charge in [-0.15, -0.1) is 0 Å². The lowest BCUT2D eigenvalue weighted by Crippen LogP contribution is -2.38. The molecule has 2 atom stereocenters. The van der Waals surface area contributed by atoms with Crippen molar-refractivity contribution in [2.24, 2.45) is 5.92 Å². The minimum Gasteiger partial charge on any atom is -0.381 e. The smallest absolute Gasteiger partial charge is 0.0510 e. The van der Waals surface area contributed by atoms with Gasteiger partial charge in [0.15, 0.2) is 0 Å². The van der Waals surface area contributed by atoms with Crippen LogP contribution in [-0.2, 0) is 11.2 Å². The van der Waals surface area contributed by atoms with Gasteiger partial charge in [-0.05, 0) is 56.8 Å². The van der Waals surface area contributed by atoms with E-state index >= 15 is 0 Å². The van der Waals surface area contributed by atoms with E-state index in [4.69, 9.17) is 4.74 Å². The zero-order valence-corrected chi connectivity index (χ0v) is 12.8. The predicted molar refractivity (Wildman–Crippen MR) is 80.7 cm³/mol. The lowest BCUT2D eigenvalue weighted by atomic mass is 9.88. The molecule has 19 heavy (non-hydrogen) atoms. The summed E-state index contributed by atoms with van der Waals surface area (Å²) in [6, 6.07) is 5.15. The molecule has 1 aromatic carbocycles. The lowest BCUT2D eigenvalue weighted by Gasteiger charge is -2.25. The lowest BCUT2D eigenvalue weighted by molar-refractivity contribution is 0.176. The van der Waals surface area contributed by atoms with Crippen LogP contribution in [-0.4, -0.2) is 25.8 Å². The van der Waals surface area contributed by atoms with E-state index in [0.717, 1.165) is 26.2 Å². The van der Waals surface area contributed by atoms with Gasteiger partial charge in [0, 0.05) is 18.6 Å². The third kappa shape index (κ3) is 3.58. The second-order valence-electron chi connectivity index (χ2n) is 5.87. The molecule has 0 aromatic heterocycles. The maximum absolute atomic E-state index is 5.56. The predicted octanol–water partition coefficient (Wildman–Crippen LogP) is 3.17. The van der Waals surface area contributed by atoms with Gasteiger partial charge in [0.05, 0.1) is 6.61 Å². The van der Waals surface area contributed by atoms with Crippen molar-refractivity contribution < 1.29 is 4.74 Å². The molecule has 0 radical (unpaired) electrons. The van der Waals surface area contributed by atoms with Crippen LogP contribution in [0.15, 0.2) is 12.1 Å². The summed E-state index contributed by atoms with van der Waals surface area (Å²) in [4.78, 5) is 0. The summed E-state index contributed by atoms with van der Waals surface area (Å²) in [5.74, 6) is 0.667. The van der Waals surface area contributed by atoms with Gasteiger partial charge in [0.1, 0.15) is 0 Å². The summed E-state index contributed by atoms with van der Waals surface area (Å²) in [7, 11) is 0. The number of benzene rings is 1. The molecule has 1 heterocycles. The number of hydrogen-bond donors (Lipinski definition) is 1. The Morgan fingerprint density at radius 1 is 1.26 bits per heavy atom. The van der Waals surface area contributed by atoms with E-state index in [0.29, 0.717) is 12.0 Å². The molecule has 0 saturated carbocycles. The normalized spacial score (nSPS) is 20.7. The second-order valence-corrected chi connectivity index (χ2v) is 5.87. The Morgan fingerprint density at radius 3 is 2.47 bits per heavy atom. The summed E-state index contributed by atoms with van der Waals surface area (Å²) in [5.41, 5.74) is 5.74. The highest BCUT2D eigenvalue weighted by Crippen LogP contribution is 2.24. The standard InChI is InChI=1S/C17H27NO/c1-5-18-17(15-6-7-19-11-15)10-16-13(3)8-12(2)9-14(16)4/h8-9,15,17-18H,5-7,10-11H2,1-4H3. The Hall–Kier alpha value is -0.860. The number of aryl methyl sites for hydroxylation is 3. The van der Waals surface area contributed by atoms with Crippen molar-refractivity contribution in [1.82, 2.24) is 5.32 Å². The minimum atomic E-state index is 0.549. The van der Waals surface area contributed by atoms with Crippen LogP contribution in [0.2, 0.25) is 0 Å². The second kappa shape index (κ2) is 6.53. The first kappa shape index (κ1) is 14.5. The van der Waals surface area contributed by atoms with Gasteiger partial charge in [-0.1, -0.05) is 24.6 Å². The van der Waals surface area contributed by atoms with Gasteiger partial charge in [0.25, 0.3) is 0 Å². The van der Waals surface area contributed by atoms with Gasteiger partial charge in [0.2, 0.25) is 0 Å². The first-order valence-corrected chi connectivity index (χ1v) is 7.49. The summed E-state index contributed by atoms with van der Waals surface area (Å²) in [6.07, 6.45) is 2.32. The van der Waals surface area contributed by atoms with E-state index in [1.165, 1.54) is 28.7 Å². The minimum absolute atomic E-state index is 0.549. The van der Waals surface area contributed by atoms with E-state index in [-0.39, 0.29) is 0 Å². The molecule has 2 rings (SSSR count). The molecule has 1 aliphatic rings. The molecule has 1 aromatic rings. The van der Waals surface area contributed by atoms with Crippen molar-refractivity contribution in [3.8, 4) is 0 Å². The highest BCUT2D eigenvalue weighted by molar-refractivity contribution is 5.38. The van der Waals surface area contributed by atoms with Crippen molar-refractivity contribution in [2.75, 3.05) is 19.8 Å². The fourth-order valence-electron chi connectivity index (χ4n) is 3.29. The first-order valence-electron chi connectivity index (χ1n) is 7.49. The zero-order chi connectivity index (χ0) is 13.8. The van der Waals surface area contributed by atoms with Crippen LogP contribution in [0.3, 0.4) is 0 Å². The fourth-order valence-corrected chi connectivity index (χ4v) is 3.29. The average molecular weight is 261 g/mol. The number of likely N-dealkylation sites (N-methyl/N-ethyl adjacent to an activating group) is 1. The summed E-state index contributed by atoms with van der Waals surface area (Å²) in [5, 5.41) is 3.66. The Morgan fingerprint density at radius 2 is 1.95 bits per heavy atom. The SMILES string of the molecule is CCNC(Cc1c(C)cc(C)cc1C)C1CCOC1. The van der Waals surface area contributed by atoms with E-state index in [1.54, 1.807) is 0 Å². The molecule has 2 nitrogen and oxygen atoms in total. The zero-order valence-electron chi connectivity index (χ0n) is 12.8. The van der Waals surface area contributed by atoms with E-state index in [9.17, 15) is 0 Å². The molecule has 1 saturated heterocycles. The van der Waals surface area contributed by atoms with Gasteiger partial charge >= 0.3 is 0 Å². The molecule has 0 spiro atoms. The molecule has 0 aliphatic carbocycles. The number of rotatable bonds is 5. The van der Waals surface area contributed by atoms with E-state index in [1.807, 2.05) is 0 Å². The molecule has 1 aliphatic heterocycles. The third-order valence-corrected chi connectivity index (χ3v) is 4.26. The highest BCUT2D eigenvalue weighted by atomic mass is 16.5. The van der Waals surface area contributed by atoms with Gasteiger partial charge in [-0.2, -0.15) is 0 Å². The maximum atomic E-state index is 5.56. The largest absolute Gasteiger partial charge is 0.381 e. The summed E-state index contributed by atoms with van der Waals surface area (Å²) in [6.45, 7) is 11.7. The molecular weight excluding hydrogens is 234 g/mol. The Labute approximate surface area is 117 Å². The van der Waals surface area contributed by atoms with Crippen molar-refractivity contribution in [3.63, 3.8) is 0 Å². The van der Waals surface area contributed by atoms with Crippen LogP contribution in [0, 0.1) is 26.7 Å². The monoisotopic (exact) mass is 261 g/mol. The Bertz CT molecular complexity index is 398. The quantitative estimate of drug-likeness (QED) is 0.879. The molecule has 1 N–H and O–H groups in total. The van der Waals surface area contributed by atoms with Crippen molar-refractivity contribution in [1.29, 1.82) is 0 Å². The maximum Gasteiger partial charge on any atom is 0.0510 e. The van der Waals surface area contributed by atoms with Crippen molar-refractivity contribution >= 4 is 0 Å². The fraction of sp³-hybridized carbons (Fsp3) is 0.647. The molecule has 0 bridgehead atoms. The molecular formula is C17H27NO.